The highest BCUT2D eigenvalue weighted by Crippen LogP contribution is 2.21. The summed E-state index contributed by atoms with van der Waals surface area (Å²) in [6.45, 7) is 0.119. The highest BCUT2D eigenvalue weighted by atomic mass is 16.6. The van der Waals surface area contributed by atoms with Crippen LogP contribution < -0.4 is 0 Å². The van der Waals surface area contributed by atoms with E-state index < -0.39 is 30.7 Å². The van der Waals surface area contributed by atoms with Gasteiger partial charge in [-0.3, -0.25) is 0 Å². The predicted octanol–water partition coefficient (Wildman–Crippen LogP) is -0.747. The number of hydrogen-bond donors (Lipinski definition) is 4. The molecule has 0 spiro atoms. The first-order valence-electron chi connectivity index (χ1n) is 8.35. The van der Waals surface area contributed by atoms with Crippen molar-refractivity contribution in [1.82, 2.24) is 15.0 Å². The van der Waals surface area contributed by atoms with E-state index in [1.807, 2.05) is 18.2 Å². The molecule has 0 bridgehead atoms. The second-order valence-electron chi connectivity index (χ2n) is 6.31. The van der Waals surface area contributed by atoms with Crippen molar-refractivity contribution in [3.63, 3.8) is 0 Å². The molecule has 8 nitrogen and oxygen atoms in total. The molecule has 0 saturated carbocycles. The van der Waals surface area contributed by atoms with Crippen LogP contribution in [0.15, 0.2) is 36.5 Å². The summed E-state index contributed by atoms with van der Waals surface area (Å²) in [6, 6.07) is 10.2. The van der Waals surface area contributed by atoms with Crippen molar-refractivity contribution in [3.05, 3.63) is 47.8 Å². The third-order valence-corrected chi connectivity index (χ3v) is 4.38. The zero-order chi connectivity index (χ0) is 17.8. The number of aromatic nitrogens is 3. The maximum absolute atomic E-state index is 9.95. The zero-order valence-corrected chi connectivity index (χ0v) is 13.7. The van der Waals surface area contributed by atoms with Crippen LogP contribution in [-0.4, -0.2) is 66.1 Å². The first-order valence-corrected chi connectivity index (χ1v) is 8.35. The molecule has 4 N–H and O–H groups in total. The van der Waals surface area contributed by atoms with Gasteiger partial charge in [0.15, 0.2) is 6.29 Å². The van der Waals surface area contributed by atoms with Crippen molar-refractivity contribution in [2.75, 3.05) is 0 Å². The van der Waals surface area contributed by atoms with Crippen molar-refractivity contribution in [2.24, 2.45) is 0 Å². The number of aliphatic hydroxyl groups excluding tert-OH is 4. The van der Waals surface area contributed by atoms with E-state index in [1.54, 1.807) is 6.20 Å². The first-order chi connectivity index (χ1) is 12.0. The summed E-state index contributed by atoms with van der Waals surface area (Å²) in [7, 11) is 0. The maximum atomic E-state index is 9.95. The summed E-state index contributed by atoms with van der Waals surface area (Å²) in [6.07, 6.45) is -2.33. The largest absolute Gasteiger partial charge is 0.388 e. The van der Waals surface area contributed by atoms with Crippen LogP contribution >= 0.6 is 0 Å². The van der Waals surface area contributed by atoms with Gasteiger partial charge in [-0.1, -0.05) is 35.5 Å². The zero-order valence-electron chi connectivity index (χ0n) is 13.7. The molecule has 8 heteroatoms. The first kappa shape index (κ1) is 18.0. The third-order valence-electron chi connectivity index (χ3n) is 4.38. The minimum Gasteiger partial charge on any atom is -0.388 e. The molecule has 3 rings (SSSR count). The van der Waals surface area contributed by atoms with E-state index in [2.05, 4.69) is 22.4 Å². The Morgan fingerprint density at radius 1 is 0.960 bits per heavy atom. The molecular formula is C17H23N3O5. The van der Waals surface area contributed by atoms with Gasteiger partial charge in [0.25, 0.3) is 0 Å². The predicted molar refractivity (Wildman–Crippen MR) is 87.4 cm³/mol. The average Bonchev–Trinajstić information content (AvgIpc) is 3.06. The molecule has 0 aliphatic carbocycles. The van der Waals surface area contributed by atoms with Crippen molar-refractivity contribution in [1.29, 1.82) is 0 Å². The molecule has 1 saturated heterocycles. The summed E-state index contributed by atoms with van der Waals surface area (Å²) in [4.78, 5) is 0. The van der Waals surface area contributed by atoms with E-state index in [9.17, 15) is 20.4 Å². The topological polar surface area (TPSA) is 121 Å². The third kappa shape index (κ3) is 4.42. The van der Waals surface area contributed by atoms with Gasteiger partial charge in [-0.15, -0.1) is 5.10 Å². The molecule has 0 amide bonds. The molecule has 2 aromatic rings. The summed E-state index contributed by atoms with van der Waals surface area (Å²) in [5.41, 5.74) is 2.09. The van der Waals surface area contributed by atoms with Gasteiger partial charge < -0.3 is 25.2 Å². The Kier molecular flexibility index (Phi) is 5.77. The number of benzene rings is 1. The van der Waals surface area contributed by atoms with Crippen molar-refractivity contribution in [3.8, 4) is 0 Å². The van der Waals surface area contributed by atoms with Crippen LogP contribution in [0.25, 0.3) is 0 Å². The molecule has 25 heavy (non-hydrogen) atoms. The summed E-state index contributed by atoms with van der Waals surface area (Å²) < 4.78 is 6.64. The summed E-state index contributed by atoms with van der Waals surface area (Å²) in [5.74, 6) is 0. The van der Waals surface area contributed by atoms with Crippen LogP contribution in [0, 0.1) is 0 Å². The Labute approximate surface area is 145 Å². The smallest absolute Gasteiger partial charge is 0.184 e. The number of aryl methyl sites for hydroxylation is 2. The fourth-order valence-electron chi connectivity index (χ4n) is 2.93. The molecule has 1 aromatic heterocycles. The van der Waals surface area contributed by atoms with Gasteiger partial charge in [0.1, 0.15) is 24.4 Å². The molecule has 136 valence electrons. The lowest BCUT2D eigenvalue weighted by Gasteiger charge is -2.38. The van der Waals surface area contributed by atoms with E-state index in [-0.39, 0.29) is 6.54 Å². The molecule has 1 aromatic carbocycles. The molecular weight excluding hydrogens is 326 g/mol. The second kappa shape index (κ2) is 8.03. The molecule has 2 unspecified atom stereocenters. The Bertz CT molecular complexity index is 665. The lowest BCUT2D eigenvalue weighted by molar-refractivity contribution is -0.284. The van der Waals surface area contributed by atoms with Crippen LogP contribution in [-0.2, 0) is 24.1 Å². The second-order valence-corrected chi connectivity index (χ2v) is 6.31. The van der Waals surface area contributed by atoms with E-state index in [0.717, 1.165) is 25.0 Å². The van der Waals surface area contributed by atoms with Crippen LogP contribution in [0.2, 0.25) is 0 Å². The Hall–Kier alpha value is -1.84. The van der Waals surface area contributed by atoms with E-state index >= 15 is 0 Å². The van der Waals surface area contributed by atoms with Gasteiger partial charge in [0.2, 0.25) is 0 Å². The van der Waals surface area contributed by atoms with Crippen molar-refractivity contribution in [2.45, 2.75) is 56.5 Å². The fourth-order valence-corrected chi connectivity index (χ4v) is 2.93. The van der Waals surface area contributed by atoms with Gasteiger partial charge in [-0.05, 0) is 24.8 Å². The number of hydrogen-bond acceptors (Lipinski definition) is 7. The molecule has 0 radical (unpaired) electrons. The van der Waals surface area contributed by atoms with E-state index in [1.165, 1.54) is 10.2 Å². The van der Waals surface area contributed by atoms with Crippen LogP contribution in [0.1, 0.15) is 17.7 Å². The summed E-state index contributed by atoms with van der Waals surface area (Å²) >= 11 is 0. The van der Waals surface area contributed by atoms with Gasteiger partial charge >= 0.3 is 0 Å². The minimum atomic E-state index is -1.54. The van der Waals surface area contributed by atoms with E-state index in [0.29, 0.717) is 0 Å². The Morgan fingerprint density at radius 3 is 2.48 bits per heavy atom. The number of ether oxygens (including phenoxy) is 1. The Morgan fingerprint density at radius 2 is 1.72 bits per heavy atom. The standard InChI is InChI=1S/C17H23N3O5/c21-14-13(25-17(24)16(23)15(14)22)10-20-9-12(18-19-20)8-4-7-11-5-2-1-3-6-11/h1-3,5-6,9,13-17,21-24H,4,7-8,10H2/t13?,14-,15+,16-,17?/m1/s1. The molecule has 1 fully saturated rings. The van der Waals surface area contributed by atoms with Crippen molar-refractivity contribution >= 4 is 0 Å². The van der Waals surface area contributed by atoms with E-state index in [4.69, 9.17) is 4.74 Å². The van der Waals surface area contributed by atoms with Crippen LogP contribution in [0.4, 0.5) is 0 Å². The molecule has 2 heterocycles. The molecule has 1 aliphatic rings. The van der Waals surface area contributed by atoms with Crippen LogP contribution in [0.5, 0.6) is 0 Å². The summed E-state index contributed by atoms with van der Waals surface area (Å²) in [5, 5.41) is 46.8. The number of nitrogens with zero attached hydrogens (tertiary/aromatic N) is 3. The van der Waals surface area contributed by atoms with Gasteiger partial charge in [-0.2, -0.15) is 0 Å². The lowest BCUT2D eigenvalue weighted by atomic mass is 9.99. The monoisotopic (exact) mass is 349 g/mol. The highest BCUT2D eigenvalue weighted by Gasteiger charge is 2.43. The van der Waals surface area contributed by atoms with Gasteiger partial charge in [0.05, 0.1) is 12.2 Å². The van der Waals surface area contributed by atoms with Gasteiger partial charge in [0, 0.05) is 6.20 Å². The van der Waals surface area contributed by atoms with Crippen LogP contribution in [0.3, 0.4) is 0 Å². The number of aliphatic hydroxyl groups is 4. The molecule has 1 aliphatic heterocycles. The SMILES string of the molecule is OC1OC(Cn2cc(CCCc3ccccc3)nn2)[C@@H](O)[C@H](O)[C@H]1O. The highest BCUT2D eigenvalue weighted by molar-refractivity contribution is 5.14. The minimum absolute atomic E-state index is 0.119. The maximum Gasteiger partial charge on any atom is 0.184 e. The molecule has 5 atom stereocenters. The van der Waals surface area contributed by atoms with Gasteiger partial charge in [-0.25, -0.2) is 4.68 Å². The fraction of sp³-hybridized carbons (Fsp3) is 0.529. The normalized spacial score (nSPS) is 29.7. The average molecular weight is 349 g/mol. The quantitative estimate of drug-likeness (QED) is 0.542. The van der Waals surface area contributed by atoms with Crippen molar-refractivity contribution < 1.29 is 25.2 Å². The number of rotatable bonds is 6. The Balaban J connectivity index is 1.51. The lowest BCUT2D eigenvalue weighted by Crippen LogP contribution is -2.58.